The van der Waals surface area contributed by atoms with E-state index in [1.54, 1.807) is 30.3 Å². The molecule has 0 saturated heterocycles. The topological polar surface area (TPSA) is 85.2 Å². The number of hydrogen-bond donors (Lipinski definition) is 2. The number of aryl methyl sites for hydroxylation is 1. The van der Waals surface area contributed by atoms with Gasteiger partial charge in [0.2, 0.25) is 5.95 Å². The molecular formula is C19H20N4O3. The summed E-state index contributed by atoms with van der Waals surface area (Å²) in [5.41, 5.74) is 6.74. The second kappa shape index (κ2) is 7.69. The standard InChI is InChI=1S/C19H20N4O3/c1-3-23-18(25)15-6-4-5-7-16(15)20-19(23)22-21-17(24)12-26-14-10-8-13(2)9-11-14/h4-11H,3,12H2,1-2H3,(H,20,22)(H,21,24). The fourth-order valence-electron chi connectivity index (χ4n) is 2.50. The second-order valence-electron chi connectivity index (χ2n) is 5.78. The summed E-state index contributed by atoms with van der Waals surface area (Å²) in [5.74, 6) is 0.510. The summed E-state index contributed by atoms with van der Waals surface area (Å²) >= 11 is 0. The molecule has 0 aliphatic carbocycles. The van der Waals surface area contributed by atoms with Gasteiger partial charge in [-0.05, 0) is 38.1 Å². The van der Waals surface area contributed by atoms with Crippen LogP contribution in [0.3, 0.4) is 0 Å². The minimum atomic E-state index is -0.379. The molecule has 3 aromatic rings. The molecule has 7 heteroatoms. The van der Waals surface area contributed by atoms with Crippen molar-refractivity contribution in [3.63, 3.8) is 0 Å². The number of ether oxygens (including phenoxy) is 1. The van der Waals surface area contributed by atoms with Gasteiger partial charge in [0.25, 0.3) is 11.5 Å². The van der Waals surface area contributed by atoms with Crippen LogP contribution >= 0.6 is 0 Å². The number of fused-ring (bicyclic) bond motifs is 1. The van der Waals surface area contributed by atoms with Crippen LogP contribution in [0.4, 0.5) is 5.95 Å². The Bertz CT molecular complexity index is 980. The van der Waals surface area contributed by atoms with E-state index >= 15 is 0 Å². The van der Waals surface area contributed by atoms with Crippen LogP contribution in [-0.2, 0) is 11.3 Å². The lowest BCUT2D eigenvalue weighted by molar-refractivity contribution is -0.122. The molecule has 0 aliphatic rings. The molecule has 26 heavy (non-hydrogen) atoms. The third-order valence-electron chi connectivity index (χ3n) is 3.88. The number of anilines is 1. The normalized spacial score (nSPS) is 10.5. The highest BCUT2D eigenvalue weighted by atomic mass is 16.5. The summed E-state index contributed by atoms with van der Waals surface area (Å²) in [4.78, 5) is 28.9. The molecule has 0 radical (unpaired) electrons. The average molecular weight is 352 g/mol. The Morgan fingerprint density at radius 2 is 1.88 bits per heavy atom. The average Bonchev–Trinajstić information content (AvgIpc) is 2.66. The molecule has 3 rings (SSSR count). The summed E-state index contributed by atoms with van der Waals surface area (Å²) in [6.07, 6.45) is 0. The van der Waals surface area contributed by atoms with Gasteiger partial charge in [-0.2, -0.15) is 0 Å². The molecule has 1 aromatic heterocycles. The molecule has 0 aliphatic heterocycles. The molecule has 0 spiro atoms. The number of carbonyl (C=O) groups is 1. The Hall–Kier alpha value is -3.35. The lowest BCUT2D eigenvalue weighted by atomic mass is 10.2. The highest BCUT2D eigenvalue weighted by Gasteiger charge is 2.10. The molecule has 0 saturated carbocycles. The maximum absolute atomic E-state index is 12.5. The van der Waals surface area contributed by atoms with E-state index < -0.39 is 0 Å². The number of aromatic nitrogens is 2. The third-order valence-corrected chi connectivity index (χ3v) is 3.88. The first kappa shape index (κ1) is 17.5. The van der Waals surface area contributed by atoms with Crippen LogP contribution in [-0.4, -0.2) is 22.1 Å². The first-order chi connectivity index (χ1) is 12.6. The number of amides is 1. The van der Waals surface area contributed by atoms with E-state index in [4.69, 9.17) is 4.74 Å². The van der Waals surface area contributed by atoms with E-state index in [-0.39, 0.29) is 24.0 Å². The number of hydrazine groups is 1. The molecule has 134 valence electrons. The Morgan fingerprint density at radius 3 is 2.62 bits per heavy atom. The predicted octanol–water partition coefficient (Wildman–Crippen LogP) is 2.25. The van der Waals surface area contributed by atoms with Crippen molar-refractivity contribution >= 4 is 22.8 Å². The first-order valence-electron chi connectivity index (χ1n) is 8.32. The van der Waals surface area contributed by atoms with Gasteiger partial charge in [0.1, 0.15) is 5.75 Å². The molecule has 1 amide bonds. The van der Waals surface area contributed by atoms with Gasteiger partial charge in [-0.25, -0.2) is 4.98 Å². The number of hydrogen-bond acceptors (Lipinski definition) is 5. The lowest BCUT2D eigenvalue weighted by Gasteiger charge is -2.14. The minimum Gasteiger partial charge on any atom is -0.484 e. The van der Waals surface area contributed by atoms with Crippen molar-refractivity contribution in [3.05, 3.63) is 64.4 Å². The summed E-state index contributed by atoms with van der Waals surface area (Å²) < 4.78 is 6.88. The van der Waals surface area contributed by atoms with E-state index in [2.05, 4.69) is 15.8 Å². The van der Waals surface area contributed by atoms with Crippen molar-refractivity contribution in [2.45, 2.75) is 20.4 Å². The van der Waals surface area contributed by atoms with Gasteiger partial charge in [0.05, 0.1) is 10.9 Å². The van der Waals surface area contributed by atoms with Crippen molar-refractivity contribution in [2.75, 3.05) is 12.0 Å². The Kier molecular flexibility index (Phi) is 5.17. The third kappa shape index (κ3) is 3.83. The lowest BCUT2D eigenvalue weighted by Crippen LogP contribution is -2.37. The van der Waals surface area contributed by atoms with Gasteiger partial charge in [-0.3, -0.25) is 25.0 Å². The molecule has 0 fully saturated rings. The number of benzene rings is 2. The summed E-state index contributed by atoms with van der Waals surface area (Å²) in [6, 6.07) is 14.5. The molecule has 1 heterocycles. The van der Waals surface area contributed by atoms with Gasteiger partial charge in [0.15, 0.2) is 6.61 Å². The van der Waals surface area contributed by atoms with E-state index in [1.165, 1.54) is 4.57 Å². The van der Waals surface area contributed by atoms with Gasteiger partial charge in [0, 0.05) is 6.54 Å². The summed E-state index contributed by atoms with van der Waals surface area (Å²) in [6.45, 7) is 4.09. The molecule has 0 atom stereocenters. The molecule has 2 N–H and O–H groups in total. The zero-order chi connectivity index (χ0) is 18.5. The van der Waals surface area contributed by atoms with Crippen molar-refractivity contribution in [1.82, 2.24) is 15.0 Å². The maximum atomic E-state index is 12.5. The van der Waals surface area contributed by atoms with Crippen LogP contribution in [0.2, 0.25) is 0 Å². The summed E-state index contributed by atoms with van der Waals surface area (Å²) in [5, 5.41) is 0.536. The molecular weight excluding hydrogens is 332 g/mol. The Labute approximate surface area is 150 Å². The van der Waals surface area contributed by atoms with Crippen LogP contribution in [0.25, 0.3) is 10.9 Å². The quantitative estimate of drug-likeness (QED) is 0.665. The zero-order valence-corrected chi connectivity index (χ0v) is 14.7. The van der Waals surface area contributed by atoms with Gasteiger partial charge in [-0.1, -0.05) is 29.8 Å². The van der Waals surface area contributed by atoms with E-state index in [1.807, 2.05) is 32.0 Å². The largest absolute Gasteiger partial charge is 0.484 e. The van der Waals surface area contributed by atoms with Crippen LogP contribution in [0, 0.1) is 6.92 Å². The van der Waals surface area contributed by atoms with Gasteiger partial charge >= 0.3 is 0 Å². The Balaban J connectivity index is 1.68. The van der Waals surface area contributed by atoms with E-state index in [0.717, 1.165) is 5.56 Å². The zero-order valence-electron chi connectivity index (χ0n) is 14.7. The fourth-order valence-corrected chi connectivity index (χ4v) is 2.50. The highest BCUT2D eigenvalue weighted by Crippen LogP contribution is 2.12. The summed E-state index contributed by atoms with van der Waals surface area (Å²) in [7, 11) is 0. The van der Waals surface area contributed by atoms with Crippen molar-refractivity contribution in [3.8, 4) is 5.75 Å². The maximum Gasteiger partial charge on any atom is 0.276 e. The monoisotopic (exact) mass is 352 g/mol. The van der Waals surface area contributed by atoms with Crippen molar-refractivity contribution in [1.29, 1.82) is 0 Å². The number of nitrogens with zero attached hydrogens (tertiary/aromatic N) is 2. The first-order valence-corrected chi connectivity index (χ1v) is 8.32. The molecule has 2 aromatic carbocycles. The predicted molar refractivity (Wildman–Crippen MR) is 100 cm³/mol. The fraction of sp³-hybridized carbons (Fsp3) is 0.211. The van der Waals surface area contributed by atoms with Crippen LogP contribution in [0.15, 0.2) is 53.3 Å². The van der Waals surface area contributed by atoms with E-state index in [0.29, 0.717) is 23.2 Å². The SMILES string of the molecule is CCn1c(NNC(=O)COc2ccc(C)cc2)nc2ccccc2c1=O. The van der Waals surface area contributed by atoms with Gasteiger partial charge in [-0.15, -0.1) is 0 Å². The number of rotatable bonds is 6. The van der Waals surface area contributed by atoms with E-state index in [9.17, 15) is 9.59 Å². The van der Waals surface area contributed by atoms with Crippen LogP contribution < -0.4 is 21.1 Å². The van der Waals surface area contributed by atoms with Crippen molar-refractivity contribution in [2.24, 2.45) is 0 Å². The molecule has 7 nitrogen and oxygen atoms in total. The van der Waals surface area contributed by atoms with Crippen LogP contribution in [0.1, 0.15) is 12.5 Å². The second-order valence-corrected chi connectivity index (χ2v) is 5.78. The van der Waals surface area contributed by atoms with Crippen LogP contribution in [0.5, 0.6) is 5.75 Å². The van der Waals surface area contributed by atoms with Crippen molar-refractivity contribution < 1.29 is 9.53 Å². The van der Waals surface area contributed by atoms with Gasteiger partial charge < -0.3 is 4.74 Å². The molecule has 0 unspecified atom stereocenters. The smallest absolute Gasteiger partial charge is 0.276 e. The number of para-hydroxylation sites is 1. The minimum absolute atomic E-state index is 0.153. The number of carbonyl (C=O) groups excluding carboxylic acids is 1. The highest BCUT2D eigenvalue weighted by molar-refractivity contribution is 5.80. The Morgan fingerprint density at radius 1 is 1.15 bits per heavy atom. The number of nitrogens with one attached hydrogen (secondary N) is 2. The molecule has 0 bridgehead atoms.